The second-order valence-electron chi connectivity index (χ2n) is 4.95. The fourth-order valence-corrected chi connectivity index (χ4v) is 2.12. The van der Waals surface area contributed by atoms with E-state index >= 15 is 0 Å². The first-order chi connectivity index (χ1) is 13.1. The van der Waals surface area contributed by atoms with E-state index in [1.807, 2.05) is 0 Å². The minimum atomic E-state index is -3.05. The van der Waals surface area contributed by atoms with Crippen LogP contribution in [0.15, 0.2) is 33.9 Å². The Labute approximate surface area is 138 Å². The number of ether oxygens (including phenoxy) is 2. The molecule has 2 rings (SSSR count). The van der Waals surface area contributed by atoms with E-state index in [9.17, 15) is 9.59 Å². The lowest BCUT2D eigenvalue weighted by atomic mass is 9.91. The van der Waals surface area contributed by atoms with Gasteiger partial charge in [-0.3, -0.25) is 0 Å². The van der Waals surface area contributed by atoms with Gasteiger partial charge in [0, 0.05) is 18.2 Å². The van der Waals surface area contributed by atoms with Crippen LogP contribution >= 0.6 is 0 Å². The first-order valence-corrected chi connectivity index (χ1v) is 6.37. The highest BCUT2D eigenvalue weighted by Gasteiger charge is 2.35. The Kier molecular flexibility index (Phi) is 2.39. The number of aromatic amines is 1. The molecular formula is C15H21N3O4. The quantitative estimate of drug-likeness (QED) is 0.893. The van der Waals surface area contributed by atoms with Gasteiger partial charge in [0.25, 0.3) is 0 Å². The van der Waals surface area contributed by atoms with Crippen LogP contribution in [0.2, 0.25) is 1.41 Å². The molecule has 1 aromatic carbocycles. The molecule has 2 atom stereocenters. The Hall–Kier alpha value is -2.28. The number of rotatable bonds is 5. The van der Waals surface area contributed by atoms with Crippen LogP contribution in [0.25, 0.3) is 0 Å². The Morgan fingerprint density at radius 2 is 2.05 bits per heavy atom. The Balaban J connectivity index is 2.88. The minimum Gasteiger partial charge on any atom is -0.497 e. The fourth-order valence-electron chi connectivity index (χ4n) is 2.12. The van der Waals surface area contributed by atoms with Crippen molar-refractivity contribution in [2.45, 2.75) is 25.4 Å². The van der Waals surface area contributed by atoms with Crippen molar-refractivity contribution in [3.63, 3.8) is 0 Å². The molecule has 0 aliphatic rings. The standard InChI is InChI=1S/C15H21N3O4/c1-15(2,18-14(20)17(3)13(19)16-18)12(22-5)10-6-8-11(21-4)9-7-10/h6-9,12H,1-5H3,(H,16,19)/t12-/m1/s1/i1D3,5D3/hD/t12-,15?. The Morgan fingerprint density at radius 1 is 1.36 bits per heavy atom. The molecule has 0 bridgehead atoms. The molecule has 0 spiro atoms. The Morgan fingerprint density at radius 3 is 2.50 bits per heavy atom. The normalized spacial score (nSPS) is 21.1. The average molecular weight is 314 g/mol. The molecule has 1 heterocycles. The van der Waals surface area contributed by atoms with Crippen molar-refractivity contribution >= 4 is 0 Å². The highest BCUT2D eigenvalue weighted by molar-refractivity contribution is 5.29. The van der Waals surface area contributed by atoms with Gasteiger partial charge in [-0.15, -0.1) is 0 Å². The van der Waals surface area contributed by atoms with Gasteiger partial charge in [0.05, 0.1) is 16.8 Å². The molecule has 2 aromatic rings. The fraction of sp³-hybridized carbons (Fsp3) is 0.467. The van der Waals surface area contributed by atoms with Crippen molar-refractivity contribution in [1.29, 1.82) is 0 Å². The molecule has 1 N–H and O–H groups in total. The zero-order valence-electron chi connectivity index (χ0n) is 19.4. The summed E-state index contributed by atoms with van der Waals surface area (Å²) >= 11 is 0. The molecule has 7 heteroatoms. The van der Waals surface area contributed by atoms with Crippen LogP contribution in [0.3, 0.4) is 0 Å². The van der Waals surface area contributed by atoms with E-state index in [0.29, 0.717) is 15.0 Å². The molecular weight excluding hydrogens is 286 g/mol. The zero-order valence-corrected chi connectivity index (χ0v) is 12.4. The van der Waals surface area contributed by atoms with Gasteiger partial charge in [0.15, 0.2) is 1.41 Å². The maximum atomic E-state index is 12.6. The van der Waals surface area contributed by atoms with E-state index in [1.54, 1.807) is 0 Å². The molecule has 0 amide bonds. The molecule has 0 saturated carbocycles. The summed E-state index contributed by atoms with van der Waals surface area (Å²) in [4.78, 5) is 24.7. The molecule has 7 nitrogen and oxygen atoms in total. The number of hydrogen-bond donors (Lipinski definition) is 1. The second-order valence-corrected chi connectivity index (χ2v) is 4.95. The monoisotopic (exact) mass is 314 g/mol. The van der Waals surface area contributed by atoms with Gasteiger partial charge in [-0.2, -0.15) is 0 Å². The SMILES string of the molecule is [2H]n1c(=O)n(C)c(=O)n1C(C)([C@H](OC([2H])([2H])[2H])c1ccc(OC)cc1)C([2H])([2H])[2H]. The summed E-state index contributed by atoms with van der Waals surface area (Å²) in [5.41, 5.74) is -4.51. The maximum Gasteiger partial charge on any atom is 0.347 e. The van der Waals surface area contributed by atoms with Gasteiger partial charge in [-0.05, 0) is 31.5 Å². The lowest BCUT2D eigenvalue weighted by Crippen LogP contribution is -2.42. The summed E-state index contributed by atoms with van der Waals surface area (Å²) in [6, 6.07) is 5.71. The van der Waals surface area contributed by atoms with Crippen LogP contribution < -0.4 is 16.1 Å². The number of aromatic nitrogens is 3. The van der Waals surface area contributed by atoms with E-state index in [-0.39, 0.29) is 10.7 Å². The number of nitrogens with zero attached hydrogens (tertiary/aromatic N) is 2. The first kappa shape index (κ1) is 8.99. The lowest BCUT2D eigenvalue weighted by Gasteiger charge is -2.33. The molecule has 120 valence electrons. The van der Waals surface area contributed by atoms with Crippen LogP contribution in [0.4, 0.5) is 0 Å². The van der Waals surface area contributed by atoms with Crippen LogP contribution in [-0.2, 0) is 17.3 Å². The highest BCUT2D eigenvalue weighted by Crippen LogP contribution is 2.34. The summed E-state index contributed by atoms with van der Waals surface area (Å²) in [5, 5.41) is 0.0914. The summed E-state index contributed by atoms with van der Waals surface area (Å²) < 4.78 is 65.6. The highest BCUT2D eigenvalue weighted by atomic mass is 16.5. The van der Waals surface area contributed by atoms with E-state index in [1.165, 1.54) is 31.4 Å². The topological polar surface area (TPSA) is 78.2 Å². The van der Waals surface area contributed by atoms with E-state index in [2.05, 4.69) is 0 Å². The summed E-state index contributed by atoms with van der Waals surface area (Å²) in [6.45, 7) is -2.00. The summed E-state index contributed by atoms with van der Waals surface area (Å²) in [7, 11) is -0.540. The van der Waals surface area contributed by atoms with Gasteiger partial charge in [0.1, 0.15) is 11.9 Å². The smallest absolute Gasteiger partial charge is 0.347 e. The number of benzene rings is 1. The van der Waals surface area contributed by atoms with Gasteiger partial charge in [-0.1, -0.05) is 12.1 Å². The lowest BCUT2D eigenvalue weighted by molar-refractivity contribution is 0.00352. The summed E-state index contributed by atoms with van der Waals surface area (Å²) in [5.74, 6) is 0.422. The van der Waals surface area contributed by atoms with Crippen LogP contribution in [0.5, 0.6) is 5.75 Å². The van der Waals surface area contributed by atoms with E-state index < -0.39 is 36.9 Å². The molecule has 0 fully saturated rings. The Bertz CT molecular complexity index is 988. The van der Waals surface area contributed by atoms with Crippen molar-refractivity contribution in [2.24, 2.45) is 7.05 Å². The van der Waals surface area contributed by atoms with Crippen molar-refractivity contribution in [3.05, 3.63) is 50.8 Å². The van der Waals surface area contributed by atoms with Crippen molar-refractivity contribution in [2.75, 3.05) is 14.1 Å². The van der Waals surface area contributed by atoms with Crippen LogP contribution in [-0.4, -0.2) is 28.5 Å². The molecule has 0 aliphatic heterocycles. The largest absolute Gasteiger partial charge is 0.497 e. The van der Waals surface area contributed by atoms with Crippen LogP contribution in [0, 0.1) is 0 Å². The van der Waals surface area contributed by atoms with Gasteiger partial charge >= 0.3 is 11.4 Å². The van der Waals surface area contributed by atoms with Gasteiger partial charge in [-0.25, -0.2) is 23.9 Å². The van der Waals surface area contributed by atoms with Crippen molar-refractivity contribution in [3.8, 4) is 5.75 Å². The second kappa shape index (κ2) is 5.84. The number of nitrogens with one attached hydrogen (secondary N) is 1. The van der Waals surface area contributed by atoms with E-state index in [0.717, 1.165) is 14.0 Å². The summed E-state index contributed by atoms with van der Waals surface area (Å²) in [6.07, 6.45) is -1.75. The van der Waals surface area contributed by atoms with Crippen molar-refractivity contribution in [1.82, 2.24) is 14.3 Å². The van der Waals surface area contributed by atoms with Crippen molar-refractivity contribution < 1.29 is 19.1 Å². The first-order valence-electron chi connectivity index (χ1n) is 9.82. The third-order valence-electron chi connectivity index (χ3n) is 3.43. The predicted molar refractivity (Wildman–Crippen MR) is 82.4 cm³/mol. The third-order valence-corrected chi connectivity index (χ3v) is 3.43. The molecule has 22 heavy (non-hydrogen) atoms. The minimum absolute atomic E-state index is 0.0914. The predicted octanol–water partition coefficient (Wildman–Crippen LogP) is 1.01. The molecule has 0 aliphatic carbocycles. The molecule has 1 unspecified atom stereocenters. The number of H-pyrrole nitrogens is 1. The number of hydrogen-bond acceptors (Lipinski definition) is 4. The molecule has 0 radical (unpaired) electrons. The molecule has 1 aromatic heterocycles. The van der Waals surface area contributed by atoms with Crippen LogP contribution in [0.1, 0.15) is 33.7 Å². The average Bonchev–Trinajstić information content (AvgIpc) is 2.81. The van der Waals surface area contributed by atoms with E-state index in [4.69, 9.17) is 19.1 Å². The number of methoxy groups -OCH3 is 2. The van der Waals surface area contributed by atoms with Gasteiger partial charge < -0.3 is 9.47 Å². The van der Waals surface area contributed by atoms with Gasteiger partial charge in [0.2, 0.25) is 0 Å². The third kappa shape index (κ3) is 2.59. The molecule has 0 saturated heterocycles. The maximum absolute atomic E-state index is 12.6. The zero-order chi connectivity index (χ0) is 22.4.